The highest BCUT2D eigenvalue weighted by molar-refractivity contribution is 5.91. The molecule has 0 radical (unpaired) electrons. The van der Waals surface area contributed by atoms with Gasteiger partial charge in [-0.25, -0.2) is 0 Å². The SMILES string of the molecule is CCNC(=O)c1ccc(OC2CCNC2)nn1. The summed E-state index contributed by atoms with van der Waals surface area (Å²) >= 11 is 0. The number of hydrogen-bond donors (Lipinski definition) is 2. The molecule has 6 heteroatoms. The lowest BCUT2D eigenvalue weighted by molar-refractivity contribution is 0.0949. The highest BCUT2D eigenvalue weighted by atomic mass is 16.5. The fraction of sp³-hybridized carbons (Fsp3) is 0.545. The zero-order chi connectivity index (χ0) is 12.1. The van der Waals surface area contributed by atoms with Crippen molar-refractivity contribution in [3.63, 3.8) is 0 Å². The quantitative estimate of drug-likeness (QED) is 0.767. The number of aromatic nitrogens is 2. The standard InChI is InChI=1S/C11H16N4O2/c1-2-13-11(16)9-3-4-10(15-14-9)17-8-5-6-12-7-8/h3-4,8,12H,2,5-7H2,1H3,(H,13,16). The van der Waals surface area contributed by atoms with E-state index in [9.17, 15) is 4.79 Å². The van der Waals surface area contributed by atoms with Gasteiger partial charge in [0.05, 0.1) is 0 Å². The molecule has 0 saturated carbocycles. The topological polar surface area (TPSA) is 76.1 Å². The fourth-order valence-electron chi connectivity index (χ4n) is 1.65. The van der Waals surface area contributed by atoms with Gasteiger partial charge in [0.1, 0.15) is 6.10 Å². The van der Waals surface area contributed by atoms with E-state index in [-0.39, 0.29) is 12.0 Å². The Bertz CT molecular complexity index is 374. The maximum absolute atomic E-state index is 11.4. The Morgan fingerprint density at radius 1 is 1.59 bits per heavy atom. The summed E-state index contributed by atoms with van der Waals surface area (Å²) in [6.07, 6.45) is 1.12. The number of rotatable bonds is 4. The molecule has 1 aromatic heterocycles. The van der Waals surface area contributed by atoms with Gasteiger partial charge in [-0.3, -0.25) is 4.79 Å². The number of nitrogens with one attached hydrogen (secondary N) is 2. The van der Waals surface area contributed by atoms with Crippen LogP contribution in [0.25, 0.3) is 0 Å². The predicted molar refractivity (Wildman–Crippen MR) is 61.9 cm³/mol. The molecule has 2 heterocycles. The summed E-state index contributed by atoms with van der Waals surface area (Å²) in [6.45, 7) is 4.23. The highest BCUT2D eigenvalue weighted by Crippen LogP contribution is 2.11. The van der Waals surface area contributed by atoms with E-state index < -0.39 is 0 Å². The molecule has 0 bridgehead atoms. The van der Waals surface area contributed by atoms with Crippen LogP contribution in [0.1, 0.15) is 23.8 Å². The maximum atomic E-state index is 11.4. The minimum Gasteiger partial charge on any atom is -0.472 e. The first-order chi connectivity index (χ1) is 8.29. The molecule has 6 nitrogen and oxygen atoms in total. The number of hydrogen-bond acceptors (Lipinski definition) is 5. The molecule has 92 valence electrons. The van der Waals surface area contributed by atoms with E-state index in [1.165, 1.54) is 0 Å². The summed E-state index contributed by atoms with van der Waals surface area (Å²) < 4.78 is 5.60. The number of nitrogens with zero attached hydrogens (tertiary/aromatic N) is 2. The van der Waals surface area contributed by atoms with E-state index in [1.54, 1.807) is 12.1 Å². The monoisotopic (exact) mass is 236 g/mol. The Morgan fingerprint density at radius 2 is 2.47 bits per heavy atom. The average Bonchev–Trinajstić information content (AvgIpc) is 2.83. The van der Waals surface area contributed by atoms with E-state index in [1.807, 2.05) is 6.92 Å². The third kappa shape index (κ3) is 3.13. The molecule has 2 rings (SSSR count). The Labute approximate surface area is 99.8 Å². The summed E-state index contributed by atoms with van der Waals surface area (Å²) in [5.74, 6) is 0.251. The van der Waals surface area contributed by atoms with Crippen molar-refractivity contribution in [2.45, 2.75) is 19.4 Å². The van der Waals surface area contributed by atoms with Crippen LogP contribution < -0.4 is 15.4 Å². The average molecular weight is 236 g/mol. The summed E-state index contributed by atoms with van der Waals surface area (Å²) in [5, 5.41) is 13.6. The van der Waals surface area contributed by atoms with Gasteiger partial charge in [-0.1, -0.05) is 0 Å². The highest BCUT2D eigenvalue weighted by Gasteiger charge is 2.16. The largest absolute Gasteiger partial charge is 0.472 e. The minimum atomic E-state index is -0.214. The molecule has 1 amide bonds. The lowest BCUT2D eigenvalue weighted by Crippen LogP contribution is -2.24. The minimum absolute atomic E-state index is 0.152. The molecule has 0 aliphatic carbocycles. The van der Waals surface area contributed by atoms with E-state index in [0.29, 0.717) is 18.1 Å². The van der Waals surface area contributed by atoms with Gasteiger partial charge in [0.2, 0.25) is 5.88 Å². The van der Waals surface area contributed by atoms with Crippen LogP contribution in [0.15, 0.2) is 12.1 Å². The summed E-state index contributed by atoms with van der Waals surface area (Å²) in [5.41, 5.74) is 0.309. The van der Waals surface area contributed by atoms with Crippen LogP contribution in [0, 0.1) is 0 Å². The molecule has 1 aromatic rings. The predicted octanol–water partition coefficient (Wildman–Crippen LogP) is -0.0330. The van der Waals surface area contributed by atoms with Crippen molar-refractivity contribution in [3.05, 3.63) is 17.8 Å². The van der Waals surface area contributed by atoms with Gasteiger partial charge in [-0.2, -0.15) is 0 Å². The first kappa shape index (κ1) is 11.8. The van der Waals surface area contributed by atoms with E-state index in [0.717, 1.165) is 19.5 Å². The Kier molecular flexibility index (Phi) is 3.87. The van der Waals surface area contributed by atoms with Crippen molar-refractivity contribution in [3.8, 4) is 5.88 Å². The number of carbonyl (C=O) groups is 1. The third-order valence-corrected chi connectivity index (χ3v) is 2.51. The second-order valence-corrected chi connectivity index (χ2v) is 3.85. The number of carbonyl (C=O) groups excluding carboxylic acids is 1. The van der Waals surface area contributed by atoms with Gasteiger partial charge >= 0.3 is 0 Å². The molecule has 2 N–H and O–H groups in total. The lowest BCUT2D eigenvalue weighted by atomic mass is 10.3. The van der Waals surface area contributed by atoms with Gasteiger partial charge in [0.25, 0.3) is 5.91 Å². The zero-order valence-electron chi connectivity index (χ0n) is 9.77. The van der Waals surface area contributed by atoms with E-state index in [2.05, 4.69) is 20.8 Å². The normalized spacial score (nSPS) is 19.0. The van der Waals surface area contributed by atoms with Crippen LogP contribution in [0.5, 0.6) is 5.88 Å². The van der Waals surface area contributed by atoms with Gasteiger partial charge in [0.15, 0.2) is 5.69 Å². The zero-order valence-corrected chi connectivity index (χ0v) is 9.77. The first-order valence-corrected chi connectivity index (χ1v) is 5.79. The van der Waals surface area contributed by atoms with Gasteiger partial charge in [-0.05, 0) is 26.0 Å². The van der Waals surface area contributed by atoms with Crippen LogP contribution in [0.3, 0.4) is 0 Å². The van der Waals surface area contributed by atoms with Crippen molar-refractivity contribution in [1.29, 1.82) is 0 Å². The summed E-state index contributed by atoms with van der Waals surface area (Å²) in [7, 11) is 0. The van der Waals surface area contributed by atoms with Crippen LogP contribution in [0.2, 0.25) is 0 Å². The molecule has 1 aliphatic heterocycles. The second-order valence-electron chi connectivity index (χ2n) is 3.85. The molecule has 0 aromatic carbocycles. The molecule has 0 spiro atoms. The van der Waals surface area contributed by atoms with Gasteiger partial charge in [0, 0.05) is 19.2 Å². The molecule has 1 fully saturated rings. The molecular weight excluding hydrogens is 220 g/mol. The van der Waals surface area contributed by atoms with Crippen molar-refractivity contribution in [2.24, 2.45) is 0 Å². The Morgan fingerprint density at radius 3 is 3.06 bits per heavy atom. The van der Waals surface area contributed by atoms with Crippen molar-refractivity contribution >= 4 is 5.91 Å². The smallest absolute Gasteiger partial charge is 0.271 e. The third-order valence-electron chi connectivity index (χ3n) is 2.51. The molecule has 1 saturated heterocycles. The van der Waals surface area contributed by atoms with Crippen molar-refractivity contribution in [2.75, 3.05) is 19.6 Å². The van der Waals surface area contributed by atoms with Crippen LogP contribution in [0.4, 0.5) is 0 Å². The number of amides is 1. The molecule has 17 heavy (non-hydrogen) atoms. The molecule has 1 aliphatic rings. The van der Waals surface area contributed by atoms with E-state index >= 15 is 0 Å². The van der Waals surface area contributed by atoms with Crippen LogP contribution >= 0.6 is 0 Å². The van der Waals surface area contributed by atoms with Crippen LogP contribution in [-0.2, 0) is 0 Å². The Balaban J connectivity index is 1.94. The Hall–Kier alpha value is -1.69. The number of ether oxygens (including phenoxy) is 1. The van der Waals surface area contributed by atoms with E-state index in [4.69, 9.17) is 4.74 Å². The second kappa shape index (κ2) is 5.58. The van der Waals surface area contributed by atoms with Crippen molar-refractivity contribution in [1.82, 2.24) is 20.8 Å². The summed E-state index contributed by atoms with van der Waals surface area (Å²) in [4.78, 5) is 11.4. The van der Waals surface area contributed by atoms with Crippen molar-refractivity contribution < 1.29 is 9.53 Å². The fourth-order valence-corrected chi connectivity index (χ4v) is 1.65. The lowest BCUT2D eigenvalue weighted by Gasteiger charge is -2.10. The van der Waals surface area contributed by atoms with Gasteiger partial charge in [-0.15, -0.1) is 10.2 Å². The maximum Gasteiger partial charge on any atom is 0.271 e. The molecule has 1 unspecified atom stereocenters. The first-order valence-electron chi connectivity index (χ1n) is 5.79. The summed E-state index contributed by atoms with van der Waals surface area (Å²) in [6, 6.07) is 3.30. The molecule has 1 atom stereocenters. The van der Waals surface area contributed by atoms with Gasteiger partial charge < -0.3 is 15.4 Å². The van der Waals surface area contributed by atoms with Crippen LogP contribution in [-0.4, -0.2) is 41.8 Å². The molecular formula is C11H16N4O2.